The Balaban J connectivity index is 2.22. The van der Waals surface area contributed by atoms with Crippen LogP contribution in [0.1, 0.15) is 23.5 Å². The molecule has 0 aliphatic carbocycles. The van der Waals surface area contributed by atoms with Crippen molar-refractivity contribution in [1.82, 2.24) is 9.97 Å². The van der Waals surface area contributed by atoms with E-state index in [0.29, 0.717) is 0 Å². The lowest BCUT2D eigenvalue weighted by Crippen LogP contribution is -2.03. The van der Waals surface area contributed by atoms with Crippen LogP contribution in [0.2, 0.25) is 0 Å². The van der Waals surface area contributed by atoms with Crippen LogP contribution in [-0.4, -0.2) is 9.97 Å². The summed E-state index contributed by atoms with van der Waals surface area (Å²) in [5, 5.41) is 2.13. The van der Waals surface area contributed by atoms with Crippen molar-refractivity contribution >= 4 is 22.2 Å². The second-order valence-electron chi connectivity index (χ2n) is 4.64. The molecular formula is C15H15N3S. The highest BCUT2D eigenvalue weighted by Crippen LogP contribution is 2.33. The number of benzene rings is 1. The van der Waals surface area contributed by atoms with Crippen molar-refractivity contribution in [2.45, 2.75) is 19.9 Å². The highest BCUT2D eigenvalue weighted by atomic mass is 32.1. The van der Waals surface area contributed by atoms with Crippen molar-refractivity contribution in [2.24, 2.45) is 5.73 Å². The fourth-order valence-electron chi connectivity index (χ4n) is 2.22. The number of fused-ring (bicyclic) bond motifs is 1. The molecule has 4 heteroatoms. The van der Waals surface area contributed by atoms with Crippen molar-refractivity contribution in [3.05, 3.63) is 47.1 Å². The first-order valence-electron chi connectivity index (χ1n) is 6.24. The van der Waals surface area contributed by atoms with Crippen molar-refractivity contribution in [1.29, 1.82) is 0 Å². The first-order chi connectivity index (χ1) is 9.16. The summed E-state index contributed by atoms with van der Waals surface area (Å²) < 4.78 is 0. The van der Waals surface area contributed by atoms with E-state index in [1.54, 1.807) is 11.3 Å². The van der Waals surface area contributed by atoms with Crippen molar-refractivity contribution in [3.63, 3.8) is 0 Å². The monoisotopic (exact) mass is 269 g/mol. The minimum atomic E-state index is 0.0224. The normalized spacial score (nSPS) is 12.8. The molecule has 0 amide bonds. The molecule has 0 spiro atoms. The predicted octanol–water partition coefficient (Wildman–Crippen LogP) is 3.69. The molecule has 2 heterocycles. The Morgan fingerprint density at radius 1 is 1.21 bits per heavy atom. The van der Waals surface area contributed by atoms with Gasteiger partial charge in [-0.25, -0.2) is 4.98 Å². The Labute approximate surface area is 116 Å². The molecule has 0 aliphatic heterocycles. The van der Waals surface area contributed by atoms with Gasteiger partial charge in [0, 0.05) is 28.1 Å². The second kappa shape index (κ2) is 4.72. The summed E-state index contributed by atoms with van der Waals surface area (Å²) in [6.07, 6.45) is 1.82. The fraction of sp³-hybridized carbons (Fsp3) is 0.200. The van der Waals surface area contributed by atoms with Gasteiger partial charge in [0.25, 0.3) is 0 Å². The lowest BCUT2D eigenvalue weighted by atomic mass is 10.1. The van der Waals surface area contributed by atoms with Crippen molar-refractivity contribution < 1.29 is 0 Å². The number of hydrogen-bond donors (Lipinski definition) is 1. The third-order valence-corrected chi connectivity index (χ3v) is 4.50. The highest BCUT2D eigenvalue weighted by molar-refractivity contribution is 7.15. The van der Waals surface area contributed by atoms with E-state index < -0.39 is 0 Å². The Morgan fingerprint density at radius 2 is 2.00 bits per heavy atom. The van der Waals surface area contributed by atoms with E-state index in [-0.39, 0.29) is 6.04 Å². The summed E-state index contributed by atoms with van der Waals surface area (Å²) in [4.78, 5) is 10.3. The van der Waals surface area contributed by atoms with E-state index in [9.17, 15) is 0 Å². The molecular weight excluding hydrogens is 254 g/mol. The molecule has 0 saturated heterocycles. The fourth-order valence-corrected chi connectivity index (χ4v) is 3.27. The molecule has 2 aromatic heterocycles. The number of aryl methyl sites for hydroxylation is 1. The molecule has 3 nitrogen and oxygen atoms in total. The standard InChI is InChI=1S/C15H15N3S/c1-9(16)14-10(2)18-15(19-14)12-7-3-5-11-6-4-8-17-13(11)12/h3-9H,16H2,1-2H3. The molecule has 1 atom stereocenters. The van der Waals surface area contributed by atoms with Gasteiger partial charge in [-0.2, -0.15) is 0 Å². The molecule has 3 rings (SSSR count). The number of nitrogens with zero attached hydrogens (tertiary/aromatic N) is 2. The number of hydrogen-bond acceptors (Lipinski definition) is 4. The number of nitrogens with two attached hydrogens (primary N) is 1. The Bertz CT molecular complexity index is 726. The van der Waals surface area contributed by atoms with E-state index in [1.165, 1.54) is 0 Å². The number of rotatable bonds is 2. The third kappa shape index (κ3) is 2.13. The van der Waals surface area contributed by atoms with E-state index >= 15 is 0 Å². The summed E-state index contributed by atoms with van der Waals surface area (Å²) >= 11 is 1.66. The van der Waals surface area contributed by atoms with Crippen LogP contribution in [0, 0.1) is 6.92 Å². The maximum absolute atomic E-state index is 5.97. The molecule has 0 aliphatic rings. The van der Waals surface area contributed by atoms with E-state index in [2.05, 4.69) is 28.2 Å². The van der Waals surface area contributed by atoms with Crippen LogP contribution in [0.25, 0.3) is 21.5 Å². The smallest absolute Gasteiger partial charge is 0.126 e. The van der Waals surface area contributed by atoms with Crippen LogP contribution in [0.5, 0.6) is 0 Å². The number of pyridine rings is 1. The van der Waals surface area contributed by atoms with Crippen LogP contribution in [0.15, 0.2) is 36.5 Å². The minimum Gasteiger partial charge on any atom is -0.323 e. The van der Waals surface area contributed by atoms with Gasteiger partial charge in [0.15, 0.2) is 0 Å². The Hall–Kier alpha value is -1.78. The summed E-state index contributed by atoms with van der Waals surface area (Å²) in [7, 11) is 0. The first kappa shape index (κ1) is 12.3. The van der Waals surface area contributed by atoms with Crippen LogP contribution in [0.4, 0.5) is 0 Å². The SMILES string of the molecule is Cc1nc(-c2cccc3cccnc23)sc1C(C)N. The van der Waals surface area contributed by atoms with E-state index in [0.717, 1.165) is 32.0 Å². The maximum atomic E-state index is 5.97. The zero-order chi connectivity index (χ0) is 13.4. The maximum Gasteiger partial charge on any atom is 0.126 e. The van der Waals surface area contributed by atoms with Gasteiger partial charge in [-0.1, -0.05) is 18.2 Å². The van der Waals surface area contributed by atoms with Gasteiger partial charge in [0.1, 0.15) is 5.01 Å². The van der Waals surface area contributed by atoms with Gasteiger partial charge >= 0.3 is 0 Å². The molecule has 1 unspecified atom stereocenters. The topological polar surface area (TPSA) is 51.8 Å². The second-order valence-corrected chi connectivity index (χ2v) is 5.67. The zero-order valence-corrected chi connectivity index (χ0v) is 11.7. The van der Waals surface area contributed by atoms with Crippen molar-refractivity contribution in [2.75, 3.05) is 0 Å². The summed E-state index contributed by atoms with van der Waals surface area (Å²) in [6.45, 7) is 4.00. The average molecular weight is 269 g/mol. The molecule has 0 saturated carbocycles. The number of para-hydroxylation sites is 1. The first-order valence-corrected chi connectivity index (χ1v) is 7.05. The summed E-state index contributed by atoms with van der Waals surface area (Å²) in [5.74, 6) is 0. The van der Waals surface area contributed by atoms with Gasteiger partial charge in [0.2, 0.25) is 0 Å². The summed E-state index contributed by atoms with van der Waals surface area (Å²) in [5.41, 5.74) is 9.07. The highest BCUT2D eigenvalue weighted by Gasteiger charge is 2.14. The molecule has 0 bridgehead atoms. The van der Waals surface area contributed by atoms with E-state index in [4.69, 9.17) is 5.73 Å². The zero-order valence-electron chi connectivity index (χ0n) is 10.9. The molecule has 1 aromatic carbocycles. The number of aromatic nitrogens is 2. The summed E-state index contributed by atoms with van der Waals surface area (Å²) in [6, 6.07) is 10.2. The molecule has 0 fully saturated rings. The quantitative estimate of drug-likeness (QED) is 0.772. The van der Waals surface area contributed by atoms with Gasteiger partial charge in [-0.15, -0.1) is 11.3 Å². The molecule has 2 N–H and O–H groups in total. The lowest BCUT2D eigenvalue weighted by Gasteiger charge is -2.02. The number of thiazole rings is 1. The van der Waals surface area contributed by atoms with Crippen LogP contribution < -0.4 is 5.73 Å². The van der Waals surface area contributed by atoms with Gasteiger partial charge in [0.05, 0.1) is 11.2 Å². The average Bonchev–Trinajstić information content (AvgIpc) is 2.80. The van der Waals surface area contributed by atoms with Gasteiger partial charge < -0.3 is 5.73 Å². The molecule has 0 radical (unpaired) electrons. The molecule has 96 valence electrons. The van der Waals surface area contributed by atoms with Gasteiger partial charge in [-0.05, 0) is 26.0 Å². The lowest BCUT2D eigenvalue weighted by molar-refractivity contribution is 0.825. The molecule has 3 aromatic rings. The largest absolute Gasteiger partial charge is 0.323 e. The Kier molecular flexibility index (Phi) is 3.05. The van der Waals surface area contributed by atoms with E-state index in [1.807, 2.05) is 32.2 Å². The van der Waals surface area contributed by atoms with Crippen LogP contribution >= 0.6 is 11.3 Å². The van der Waals surface area contributed by atoms with Crippen LogP contribution in [0.3, 0.4) is 0 Å². The van der Waals surface area contributed by atoms with Crippen LogP contribution in [-0.2, 0) is 0 Å². The predicted molar refractivity (Wildman–Crippen MR) is 80.2 cm³/mol. The molecule has 19 heavy (non-hydrogen) atoms. The van der Waals surface area contributed by atoms with Gasteiger partial charge in [-0.3, -0.25) is 4.98 Å². The third-order valence-electron chi connectivity index (χ3n) is 3.11. The van der Waals surface area contributed by atoms with Crippen molar-refractivity contribution in [3.8, 4) is 10.6 Å². The Morgan fingerprint density at radius 3 is 2.74 bits per heavy atom. The minimum absolute atomic E-state index is 0.0224.